The van der Waals surface area contributed by atoms with E-state index in [9.17, 15) is 5.26 Å². The Morgan fingerprint density at radius 1 is 1.14 bits per heavy atom. The van der Waals surface area contributed by atoms with E-state index in [2.05, 4.69) is 37.9 Å². The highest BCUT2D eigenvalue weighted by atomic mass is 79.9. The molecule has 1 aromatic rings. The van der Waals surface area contributed by atoms with Crippen LogP contribution in [0.25, 0.3) is 0 Å². The molecule has 0 aromatic heterocycles. The van der Waals surface area contributed by atoms with Crippen molar-refractivity contribution in [3.8, 4) is 6.07 Å². The summed E-state index contributed by atoms with van der Waals surface area (Å²) in [6, 6.07) is 8.53. The first-order valence-corrected chi connectivity index (χ1v) is 6.13. The number of nitriles is 1. The van der Waals surface area contributed by atoms with E-state index in [1.54, 1.807) is 0 Å². The fourth-order valence-corrected chi connectivity index (χ4v) is 3.12. The lowest BCUT2D eigenvalue weighted by molar-refractivity contribution is 0.324. The molecule has 0 saturated heterocycles. The van der Waals surface area contributed by atoms with E-state index in [4.69, 9.17) is 0 Å². The second-order valence-electron chi connectivity index (χ2n) is 3.71. The molecule has 72 valence electrons. The third-order valence-corrected chi connectivity index (χ3v) is 3.75. The van der Waals surface area contributed by atoms with Crippen LogP contribution in [-0.4, -0.2) is 0 Å². The molecule has 1 aromatic carbocycles. The second-order valence-corrected chi connectivity index (χ2v) is 5.54. The summed E-state index contributed by atoms with van der Waals surface area (Å²) in [6.07, 6.45) is 3.15. The normalized spacial score (nSPS) is 18.4. The van der Waals surface area contributed by atoms with Gasteiger partial charge < -0.3 is 0 Å². The number of hydrogen-bond donors (Lipinski definition) is 0. The van der Waals surface area contributed by atoms with Crippen LogP contribution in [0.15, 0.2) is 27.1 Å². The smallest absolute Gasteiger partial charge is 0.0823 e. The summed E-state index contributed by atoms with van der Waals surface area (Å²) in [5, 5.41) is 9.19. The second kappa shape index (κ2) is 3.67. The molecular formula is C11H9Br2N. The van der Waals surface area contributed by atoms with Gasteiger partial charge in [0.15, 0.2) is 0 Å². The Balaban J connectivity index is 2.46. The highest BCUT2D eigenvalue weighted by molar-refractivity contribution is 9.11. The lowest BCUT2D eigenvalue weighted by Crippen LogP contribution is -2.32. The molecule has 14 heavy (non-hydrogen) atoms. The average Bonchev–Trinajstić information content (AvgIpc) is 2.01. The van der Waals surface area contributed by atoms with Gasteiger partial charge in [-0.05, 0) is 43.0 Å². The van der Waals surface area contributed by atoms with E-state index in [-0.39, 0.29) is 5.41 Å². The lowest BCUT2D eigenvalue weighted by atomic mass is 9.66. The zero-order valence-corrected chi connectivity index (χ0v) is 10.7. The molecule has 0 atom stereocenters. The molecule has 0 N–H and O–H groups in total. The molecule has 2 rings (SSSR count). The molecule has 3 heteroatoms. The monoisotopic (exact) mass is 313 g/mol. The average molecular weight is 315 g/mol. The van der Waals surface area contributed by atoms with Crippen LogP contribution in [0.1, 0.15) is 24.8 Å². The van der Waals surface area contributed by atoms with Crippen molar-refractivity contribution < 1.29 is 0 Å². The fraction of sp³-hybridized carbons (Fsp3) is 0.364. The van der Waals surface area contributed by atoms with Gasteiger partial charge in [-0.2, -0.15) is 5.26 Å². The van der Waals surface area contributed by atoms with Gasteiger partial charge in [-0.25, -0.2) is 0 Å². The Bertz CT molecular complexity index is 382. The number of benzene rings is 1. The lowest BCUT2D eigenvalue weighted by Gasteiger charge is -2.35. The Morgan fingerprint density at radius 3 is 2.07 bits per heavy atom. The maximum absolute atomic E-state index is 9.19. The van der Waals surface area contributed by atoms with Gasteiger partial charge in [0, 0.05) is 8.95 Å². The molecule has 0 heterocycles. The van der Waals surface area contributed by atoms with E-state index in [0.29, 0.717) is 0 Å². The number of nitrogens with zero attached hydrogens (tertiary/aromatic N) is 1. The molecule has 1 fully saturated rings. The van der Waals surface area contributed by atoms with Crippen LogP contribution in [-0.2, 0) is 5.41 Å². The first-order valence-electron chi connectivity index (χ1n) is 4.54. The van der Waals surface area contributed by atoms with Gasteiger partial charge in [0.05, 0.1) is 11.5 Å². The predicted molar refractivity (Wildman–Crippen MR) is 63.0 cm³/mol. The molecular weight excluding hydrogens is 306 g/mol. The van der Waals surface area contributed by atoms with Crippen LogP contribution in [0.3, 0.4) is 0 Å². The van der Waals surface area contributed by atoms with Gasteiger partial charge in [-0.15, -0.1) is 0 Å². The summed E-state index contributed by atoms with van der Waals surface area (Å²) in [4.78, 5) is 0. The van der Waals surface area contributed by atoms with Crippen molar-refractivity contribution in [1.29, 1.82) is 5.26 Å². The van der Waals surface area contributed by atoms with Crippen LogP contribution < -0.4 is 0 Å². The van der Waals surface area contributed by atoms with Crippen molar-refractivity contribution in [3.63, 3.8) is 0 Å². The molecule has 1 aliphatic rings. The summed E-state index contributed by atoms with van der Waals surface area (Å²) in [5.74, 6) is 0. The number of hydrogen-bond acceptors (Lipinski definition) is 1. The third-order valence-electron chi connectivity index (χ3n) is 2.84. The van der Waals surface area contributed by atoms with E-state index in [1.165, 1.54) is 0 Å². The van der Waals surface area contributed by atoms with E-state index in [0.717, 1.165) is 33.8 Å². The number of rotatable bonds is 1. The van der Waals surface area contributed by atoms with E-state index < -0.39 is 0 Å². The minimum absolute atomic E-state index is 0.216. The predicted octanol–water partition coefficient (Wildman–Crippen LogP) is 4.16. The number of halogens is 2. The zero-order valence-electron chi connectivity index (χ0n) is 7.56. The van der Waals surface area contributed by atoms with E-state index in [1.807, 2.05) is 18.2 Å². The molecule has 0 aliphatic heterocycles. The molecule has 0 radical (unpaired) electrons. The fourth-order valence-electron chi connectivity index (χ4n) is 1.83. The summed E-state index contributed by atoms with van der Waals surface area (Å²) >= 11 is 6.90. The van der Waals surface area contributed by atoms with Crippen LogP contribution in [0.2, 0.25) is 0 Å². The summed E-state index contributed by atoms with van der Waals surface area (Å²) in [5.41, 5.74) is 0.916. The first kappa shape index (κ1) is 10.2. The summed E-state index contributed by atoms with van der Waals surface area (Å²) in [7, 11) is 0. The van der Waals surface area contributed by atoms with Crippen LogP contribution in [0.5, 0.6) is 0 Å². The van der Waals surface area contributed by atoms with Gasteiger partial charge >= 0.3 is 0 Å². The van der Waals surface area contributed by atoms with Crippen molar-refractivity contribution in [1.82, 2.24) is 0 Å². The first-order chi connectivity index (χ1) is 6.66. The maximum Gasteiger partial charge on any atom is 0.0823 e. The maximum atomic E-state index is 9.19. The van der Waals surface area contributed by atoms with Gasteiger partial charge in [0.1, 0.15) is 0 Å². The van der Waals surface area contributed by atoms with Crippen molar-refractivity contribution in [2.45, 2.75) is 24.7 Å². The van der Waals surface area contributed by atoms with Crippen molar-refractivity contribution in [2.75, 3.05) is 0 Å². The Kier molecular flexibility index (Phi) is 2.68. The highest BCUT2D eigenvalue weighted by Gasteiger charge is 2.39. The SMILES string of the molecule is N#CC1(c2cc(Br)cc(Br)c2)CCC1. The third kappa shape index (κ3) is 1.62. The van der Waals surface area contributed by atoms with Crippen LogP contribution >= 0.6 is 31.9 Å². The molecule has 0 amide bonds. The highest BCUT2D eigenvalue weighted by Crippen LogP contribution is 2.44. The van der Waals surface area contributed by atoms with Gasteiger partial charge in [-0.3, -0.25) is 0 Å². The summed E-state index contributed by atoms with van der Waals surface area (Å²) < 4.78 is 2.06. The van der Waals surface area contributed by atoms with Crippen LogP contribution in [0, 0.1) is 11.3 Å². The quantitative estimate of drug-likeness (QED) is 0.763. The summed E-state index contributed by atoms with van der Waals surface area (Å²) in [6.45, 7) is 0. The molecule has 0 spiro atoms. The Morgan fingerprint density at radius 2 is 1.71 bits per heavy atom. The van der Waals surface area contributed by atoms with Gasteiger partial charge in [-0.1, -0.05) is 31.9 Å². The molecule has 0 bridgehead atoms. The van der Waals surface area contributed by atoms with Gasteiger partial charge in [0.2, 0.25) is 0 Å². The Hall–Kier alpha value is -0.330. The minimum atomic E-state index is -0.216. The van der Waals surface area contributed by atoms with E-state index >= 15 is 0 Å². The van der Waals surface area contributed by atoms with Gasteiger partial charge in [0.25, 0.3) is 0 Å². The largest absolute Gasteiger partial charge is 0.197 e. The minimum Gasteiger partial charge on any atom is -0.197 e. The van der Waals surface area contributed by atoms with Crippen LogP contribution in [0.4, 0.5) is 0 Å². The Labute approximate surface area is 100 Å². The molecule has 1 aliphatic carbocycles. The topological polar surface area (TPSA) is 23.8 Å². The van der Waals surface area contributed by atoms with Crippen molar-refractivity contribution in [2.24, 2.45) is 0 Å². The molecule has 1 saturated carbocycles. The van der Waals surface area contributed by atoms with Crippen molar-refractivity contribution in [3.05, 3.63) is 32.7 Å². The van der Waals surface area contributed by atoms with Crippen molar-refractivity contribution >= 4 is 31.9 Å². The zero-order chi connectivity index (χ0) is 10.2. The standard InChI is InChI=1S/C11H9Br2N/c12-9-4-8(5-10(13)6-9)11(7-14)2-1-3-11/h4-6H,1-3H2. The molecule has 1 nitrogen and oxygen atoms in total. The molecule has 0 unspecified atom stereocenters.